The highest BCUT2D eigenvalue weighted by molar-refractivity contribution is 5.79. The zero-order valence-corrected chi connectivity index (χ0v) is 20.0. The van der Waals surface area contributed by atoms with Crippen LogP contribution < -0.4 is 0 Å². The van der Waals surface area contributed by atoms with Gasteiger partial charge in [0.1, 0.15) is 6.61 Å². The Labute approximate surface area is 206 Å². The minimum Gasteiger partial charge on any atom is -0.448 e. The zero-order chi connectivity index (χ0) is 24.0. The predicted octanol–water partition coefficient (Wildman–Crippen LogP) is 5.25. The topological polar surface area (TPSA) is 59.0 Å². The van der Waals surface area contributed by atoms with Crippen LogP contribution in [0.25, 0.3) is 11.1 Å². The van der Waals surface area contributed by atoms with Gasteiger partial charge in [0.2, 0.25) is 0 Å². The number of ether oxygens (including phenoxy) is 2. The van der Waals surface area contributed by atoms with Gasteiger partial charge in [-0.2, -0.15) is 0 Å². The zero-order valence-electron chi connectivity index (χ0n) is 20.0. The van der Waals surface area contributed by atoms with Gasteiger partial charge in [0.05, 0.1) is 30.9 Å². The molecule has 0 aromatic heterocycles. The normalized spacial score (nSPS) is 25.1. The summed E-state index contributed by atoms with van der Waals surface area (Å²) in [6.07, 6.45) is 1.45. The monoisotopic (exact) mass is 469 g/mol. The van der Waals surface area contributed by atoms with Gasteiger partial charge in [-0.05, 0) is 39.8 Å². The highest BCUT2D eigenvalue weighted by atomic mass is 16.6. The Kier molecular flexibility index (Phi) is 5.62. The van der Waals surface area contributed by atoms with Crippen LogP contribution in [0.3, 0.4) is 0 Å². The molecule has 2 saturated heterocycles. The van der Waals surface area contributed by atoms with E-state index in [0.29, 0.717) is 32.7 Å². The number of amides is 1. The molecule has 1 aliphatic carbocycles. The second kappa shape index (κ2) is 8.81. The summed E-state index contributed by atoms with van der Waals surface area (Å²) < 4.78 is 11.8. The van der Waals surface area contributed by atoms with Crippen molar-refractivity contribution in [3.63, 3.8) is 0 Å². The van der Waals surface area contributed by atoms with Gasteiger partial charge in [-0.15, -0.1) is 0 Å². The number of benzene rings is 3. The van der Waals surface area contributed by atoms with Crippen molar-refractivity contribution >= 4 is 6.09 Å². The van der Waals surface area contributed by atoms with Crippen molar-refractivity contribution in [3.8, 4) is 11.1 Å². The van der Waals surface area contributed by atoms with Crippen molar-refractivity contribution in [3.05, 3.63) is 95.1 Å². The van der Waals surface area contributed by atoms with E-state index in [0.717, 1.165) is 17.5 Å². The largest absolute Gasteiger partial charge is 0.448 e. The maximum absolute atomic E-state index is 13.4. The standard InChI is InChI=1S/C30H31NO4/c1-2-20-9-3-8-14-28(20)30(33)15-21-17-34-18-22(16-30)31(21)29(32)35-19-27-25-12-6-4-10-23(25)24-11-5-7-13-26(24)27/h3-14,21-22,27,33H,2,15-19H2,1H3. The van der Waals surface area contributed by atoms with Gasteiger partial charge in [-0.1, -0.05) is 79.7 Å². The quantitative estimate of drug-likeness (QED) is 0.567. The molecular weight excluding hydrogens is 438 g/mol. The molecule has 6 rings (SSSR count). The molecule has 1 amide bonds. The van der Waals surface area contributed by atoms with E-state index in [4.69, 9.17) is 9.47 Å². The minimum absolute atomic E-state index is 0.0283. The number of morpholine rings is 1. The molecule has 2 bridgehead atoms. The Morgan fingerprint density at radius 2 is 1.51 bits per heavy atom. The molecule has 2 atom stereocenters. The van der Waals surface area contributed by atoms with E-state index >= 15 is 0 Å². The molecule has 0 saturated carbocycles. The summed E-state index contributed by atoms with van der Waals surface area (Å²) >= 11 is 0. The number of rotatable bonds is 4. The van der Waals surface area contributed by atoms with Crippen LogP contribution in [0, 0.1) is 0 Å². The van der Waals surface area contributed by atoms with Gasteiger partial charge in [0.25, 0.3) is 0 Å². The van der Waals surface area contributed by atoms with Gasteiger partial charge < -0.3 is 14.6 Å². The minimum atomic E-state index is -0.966. The number of aliphatic hydroxyl groups is 1. The van der Waals surface area contributed by atoms with Crippen LogP contribution in [0.5, 0.6) is 0 Å². The molecule has 5 nitrogen and oxygen atoms in total. The van der Waals surface area contributed by atoms with E-state index < -0.39 is 5.60 Å². The van der Waals surface area contributed by atoms with Crippen LogP contribution in [0.15, 0.2) is 72.8 Å². The molecule has 5 heteroatoms. The fourth-order valence-electron chi connectivity index (χ4n) is 6.45. The summed E-state index contributed by atoms with van der Waals surface area (Å²) in [6, 6.07) is 24.4. The van der Waals surface area contributed by atoms with E-state index in [9.17, 15) is 9.90 Å². The van der Waals surface area contributed by atoms with Crippen LogP contribution in [0.1, 0.15) is 47.9 Å². The van der Waals surface area contributed by atoms with E-state index in [1.54, 1.807) is 0 Å². The van der Waals surface area contributed by atoms with Crippen molar-refractivity contribution in [2.45, 2.75) is 49.8 Å². The summed E-state index contributed by atoms with van der Waals surface area (Å²) in [6.45, 7) is 3.24. The molecule has 1 N–H and O–H groups in total. The Morgan fingerprint density at radius 3 is 2.14 bits per heavy atom. The summed E-state index contributed by atoms with van der Waals surface area (Å²) in [7, 11) is 0. The number of carbonyl (C=O) groups excluding carboxylic acids is 1. The lowest BCUT2D eigenvalue weighted by atomic mass is 9.75. The molecule has 2 fully saturated rings. The molecule has 3 aliphatic rings. The molecular formula is C30H31NO4. The Balaban J connectivity index is 1.21. The van der Waals surface area contributed by atoms with Gasteiger partial charge in [0, 0.05) is 18.8 Å². The summed E-state index contributed by atoms with van der Waals surface area (Å²) in [5, 5.41) is 11.7. The number of hydrogen-bond donors (Lipinski definition) is 1. The number of carbonyl (C=O) groups is 1. The van der Waals surface area contributed by atoms with Crippen LogP contribution in [0.4, 0.5) is 4.79 Å². The first-order chi connectivity index (χ1) is 17.1. The number of fused-ring (bicyclic) bond motifs is 5. The lowest BCUT2D eigenvalue weighted by molar-refractivity contribution is -0.136. The number of aryl methyl sites for hydroxylation is 1. The van der Waals surface area contributed by atoms with Gasteiger partial charge >= 0.3 is 6.09 Å². The van der Waals surface area contributed by atoms with E-state index in [1.807, 2.05) is 35.2 Å². The third-order valence-electron chi connectivity index (χ3n) is 8.00. The molecule has 2 unspecified atom stereocenters. The second-order valence-corrected chi connectivity index (χ2v) is 10.0. The lowest BCUT2D eigenvalue weighted by Gasteiger charge is -2.51. The maximum Gasteiger partial charge on any atom is 0.410 e. The molecule has 0 spiro atoms. The fourth-order valence-corrected chi connectivity index (χ4v) is 6.45. The SMILES string of the molecule is CCc1ccccc1C1(O)CC2COCC(C1)N2C(=O)OCC1c2ccccc2-c2ccccc21. The summed E-state index contributed by atoms with van der Waals surface area (Å²) in [5.74, 6) is 0.0283. The first-order valence-corrected chi connectivity index (χ1v) is 12.6. The molecule has 2 aliphatic heterocycles. The van der Waals surface area contributed by atoms with Crippen LogP contribution in [-0.4, -0.2) is 48.0 Å². The number of piperidine rings is 1. The van der Waals surface area contributed by atoms with E-state index in [2.05, 4.69) is 49.4 Å². The highest BCUT2D eigenvalue weighted by Crippen LogP contribution is 2.45. The average molecular weight is 470 g/mol. The van der Waals surface area contributed by atoms with Crippen molar-refractivity contribution in [1.29, 1.82) is 0 Å². The Morgan fingerprint density at radius 1 is 0.943 bits per heavy atom. The van der Waals surface area contributed by atoms with E-state index in [1.165, 1.54) is 22.3 Å². The van der Waals surface area contributed by atoms with Crippen LogP contribution >= 0.6 is 0 Å². The van der Waals surface area contributed by atoms with Crippen LogP contribution in [0.2, 0.25) is 0 Å². The number of hydrogen-bond acceptors (Lipinski definition) is 4. The molecule has 0 radical (unpaired) electrons. The van der Waals surface area contributed by atoms with Gasteiger partial charge in [0.15, 0.2) is 0 Å². The predicted molar refractivity (Wildman–Crippen MR) is 134 cm³/mol. The van der Waals surface area contributed by atoms with Crippen molar-refractivity contribution < 1.29 is 19.4 Å². The third kappa shape index (κ3) is 3.74. The highest BCUT2D eigenvalue weighted by Gasteiger charge is 2.50. The molecule has 2 heterocycles. The van der Waals surface area contributed by atoms with Gasteiger partial charge in [-0.3, -0.25) is 4.90 Å². The fraction of sp³-hybridized carbons (Fsp3) is 0.367. The van der Waals surface area contributed by atoms with E-state index in [-0.39, 0.29) is 24.1 Å². The molecule has 35 heavy (non-hydrogen) atoms. The summed E-state index contributed by atoms with van der Waals surface area (Å²) in [4.78, 5) is 15.3. The smallest absolute Gasteiger partial charge is 0.410 e. The maximum atomic E-state index is 13.4. The molecule has 3 aromatic rings. The average Bonchev–Trinajstić information content (AvgIpc) is 3.20. The van der Waals surface area contributed by atoms with Crippen molar-refractivity contribution in [2.24, 2.45) is 0 Å². The lowest BCUT2D eigenvalue weighted by Crippen LogP contribution is -2.62. The van der Waals surface area contributed by atoms with Crippen molar-refractivity contribution in [2.75, 3.05) is 19.8 Å². The molecule has 3 aromatic carbocycles. The third-order valence-corrected chi connectivity index (χ3v) is 8.00. The molecule has 180 valence electrons. The second-order valence-electron chi connectivity index (χ2n) is 10.0. The van der Waals surface area contributed by atoms with Crippen molar-refractivity contribution in [1.82, 2.24) is 4.90 Å². The Hall–Kier alpha value is -3.15. The number of nitrogens with zero attached hydrogens (tertiary/aromatic N) is 1. The first kappa shape index (κ1) is 22.3. The Bertz CT molecular complexity index is 1190. The van der Waals surface area contributed by atoms with Gasteiger partial charge in [-0.25, -0.2) is 4.79 Å². The summed E-state index contributed by atoms with van der Waals surface area (Å²) in [5.41, 5.74) is 6.00. The first-order valence-electron chi connectivity index (χ1n) is 12.6. The van der Waals surface area contributed by atoms with Crippen LogP contribution in [-0.2, 0) is 21.5 Å².